The van der Waals surface area contributed by atoms with E-state index in [9.17, 15) is 4.79 Å². The number of anilines is 1. The van der Waals surface area contributed by atoms with Gasteiger partial charge in [0.05, 0.1) is 22.3 Å². The fraction of sp³-hybridized carbons (Fsp3) is 0.182. The van der Waals surface area contributed by atoms with Crippen LogP contribution in [0, 0.1) is 0 Å². The number of carbonyl (C=O) groups is 1. The van der Waals surface area contributed by atoms with Gasteiger partial charge >= 0.3 is 0 Å². The van der Waals surface area contributed by atoms with E-state index >= 15 is 0 Å². The topological polar surface area (TPSA) is 50.4 Å². The molecule has 0 saturated carbocycles. The number of ether oxygens (including phenoxy) is 1. The van der Waals surface area contributed by atoms with E-state index in [4.69, 9.17) is 27.9 Å². The van der Waals surface area contributed by atoms with Crippen LogP contribution in [0.25, 0.3) is 0 Å². The molecule has 0 atom stereocenters. The zero-order valence-corrected chi connectivity index (χ0v) is 10.3. The van der Waals surface area contributed by atoms with Gasteiger partial charge in [-0.1, -0.05) is 29.3 Å². The van der Waals surface area contributed by atoms with Gasteiger partial charge in [0.15, 0.2) is 5.78 Å². The maximum atomic E-state index is 11.5. The van der Waals surface area contributed by atoms with E-state index in [2.05, 4.69) is 10.9 Å². The first kappa shape index (κ1) is 12.1. The summed E-state index contributed by atoms with van der Waals surface area (Å²) in [5, 5.41) is 0.935. The van der Waals surface area contributed by atoms with Gasteiger partial charge in [0, 0.05) is 6.42 Å². The fourth-order valence-corrected chi connectivity index (χ4v) is 1.83. The predicted octanol–water partition coefficient (Wildman–Crippen LogP) is 2.74. The van der Waals surface area contributed by atoms with Crippen LogP contribution in [-0.2, 0) is 9.53 Å². The van der Waals surface area contributed by atoms with Crippen molar-refractivity contribution in [3.8, 4) is 0 Å². The van der Waals surface area contributed by atoms with E-state index in [0.717, 1.165) is 0 Å². The number of ketones is 1. The van der Waals surface area contributed by atoms with Gasteiger partial charge in [-0.2, -0.15) is 0 Å². The van der Waals surface area contributed by atoms with Gasteiger partial charge in [0.2, 0.25) is 0 Å². The second-order valence-corrected chi connectivity index (χ2v) is 4.24. The number of carbonyl (C=O) groups excluding carboxylic acids is 1. The van der Waals surface area contributed by atoms with Gasteiger partial charge in [-0.15, -0.1) is 0 Å². The molecule has 1 aromatic carbocycles. The molecule has 2 rings (SSSR count). The third-order valence-electron chi connectivity index (χ3n) is 2.23. The average molecular weight is 273 g/mol. The molecule has 0 aliphatic carbocycles. The van der Waals surface area contributed by atoms with Crippen LogP contribution in [-0.4, -0.2) is 12.4 Å². The average Bonchev–Trinajstić information content (AvgIpc) is 2.30. The third kappa shape index (κ3) is 2.84. The van der Waals surface area contributed by atoms with Gasteiger partial charge in [0.25, 0.3) is 0 Å². The van der Waals surface area contributed by atoms with Crippen molar-refractivity contribution in [3.63, 3.8) is 0 Å². The van der Waals surface area contributed by atoms with E-state index in [-0.39, 0.29) is 5.78 Å². The molecule has 2 N–H and O–H groups in total. The van der Waals surface area contributed by atoms with Gasteiger partial charge in [-0.25, -0.2) is 0 Å². The zero-order chi connectivity index (χ0) is 12.3. The van der Waals surface area contributed by atoms with Crippen molar-refractivity contribution in [3.05, 3.63) is 40.2 Å². The molecule has 90 valence electrons. The molecular formula is C11H10Cl2N2O2. The lowest BCUT2D eigenvalue weighted by Gasteiger charge is -2.17. The number of benzene rings is 1. The summed E-state index contributed by atoms with van der Waals surface area (Å²) in [5.41, 5.74) is 6.41. The highest BCUT2D eigenvalue weighted by molar-refractivity contribution is 6.39. The SMILES string of the molecule is O=C1CCOC=C1NNc1c(Cl)cccc1Cl. The molecule has 0 radical (unpaired) electrons. The second-order valence-electron chi connectivity index (χ2n) is 3.42. The molecule has 0 saturated heterocycles. The number of hydrogen-bond donors (Lipinski definition) is 2. The highest BCUT2D eigenvalue weighted by Gasteiger charge is 2.15. The Bertz CT molecular complexity index is 454. The van der Waals surface area contributed by atoms with Gasteiger partial charge < -0.3 is 4.74 Å². The Morgan fingerprint density at radius 1 is 1.18 bits per heavy atom. The summed E-state index contributed by atoms with van der Waals surface area (Å²) in [6.45, 7) is 0.414. The molecule has 0 unspecified atom stereocenters. The summed E-state index contributed by atoms with van der Waals surface area (Å²) in [4.78, 5) is 11.5. The summed E-state index contributed by atoms with van der Waals surface area (Å²) in [5.74, 6) is -0.0214. The Morgan fingerprint density at radius 3 is 2.53 bits per heavy atom. The van der Waals surface area contributed by atoms with E-state index in [1.54, 1.807) is 18.2 Å². The van der Waals surface area contributed by atoms with Crippen LogP contribution in [0.1, 0.15) is 6.42 Å². The summed E-state index contributed by atoms with van der Waals surface area (Å²) in [7, 11) is 0. The molecule has 0 fully saturated rings. The normalized spacial score (nSPS) is 14.9. The molecule has 6 heteroatoms. The molecule has 1 heterocycles. The summed E-state index contributed by atoms with van der Waals surface area (Å²) < 4.78 is 5.05. The minimum Gasteiger partial charge on any atom is -0.498 e. The Kier molecular flexibility index (Phi) is 3.76. The Hall–Kier alpha value is -1.39. The minimum absolute atomic E-state index is 0.0214. The van der Waals surface area contributed by atoms with Gasteiger partial charge in [0.1, 0.15) is 12.0 Å². The number of hydrazine groups is 1. The first-order chi connectivity index (χ1) is 8.18. The van der Waals surface area contributed by atoms with Crippen LogP contribution in [0.15, 0.2) is 30.2 Å². The highest BCUT2D eigenvalue weighted by Crippen LogP contribution is 2.29. The van der Waals surface area contributed by atoms with Crippen molar-refractivity contribution in [1.29, 1.82) is 0 Å². The molecule has 1 aliphatic heterocycles. The van der Waals surface area contributed by atoms with Crippen LogP contribution >= 0.6 is 23.2 Å². The number of nitrogens with one attached hydrogen (secondary N) is 2. The number of halogens is 2. The third-order valence-corrected chi connectivity index (χ3v) is 2.86. The fourth-order valence-electron chi connectivity index (χ4n) is 1.34. The lowest BCUT2D eigenvalue weighted by Crippen LogP contribution is -2.29. The van der Waals surface area contributed by atoms with Crippen LogP contribution < -0.4 is 10.9 Å². The van der Waals surface area contributed by atoms with Crippen molar-refractivity contribution < 1.29 is 9.53 Å². The van der Waals surface area contributed by atoms with Crippen molar-refractivity contribution in [2.24, 2.45) is 0 Å². The van der Waals surface area contributed by atoms with E-state index in [0.29, 0.717) is 34.5 Å². The zero-order valence-electron chi connectivity index (χ0n) is 8.80. The number of hydrogen-bond acceptors (Lipinski definition) is 4. The maximum absolute atomic E-state index is 11.5. The van der Waals surface area contributed by atoms with Crippen molar-refractivity contribution >= 4 is 34.7 Å². The molecule has 0 amide bonds. The molecule has 0 spiro atoms. The molecule has 1 aliphatic rings. The monoisotopic (exact) mass is 272 g/mol. The minimum atomic E-state index is -0.0214. The second kappa shape index (κ2) is 5.29. The van der Waals surface area contributed by atoms with Crippen LogP contribution in [0.4, 0.5) is 5.69 Å². The number of allylic oxidation sites excluding steroid dienone is 1. The maximum Gasteiger partial charge on any atom is 0.187 e. The number of rotatable bonds is 3. The summed E-state index contributed by atoms with van der Waals surface area (Å²) in [6, 6.07) is 5.14. The molecule has 0 bridgehead atoms. The lowest BCUT2D eigenvalue weighted by atomic mass is 10.2. The van der Waals surface area contributed by atoms with E-state index in [1.807, 2.05) is 0 Å². The number of para-hydroxylation sites is 1. The molecule has 0 aromatic heterocycles. The smallest absolute Gasteiger partial charge is 0.187 e. The first-order valence-corrected chi connectivity index (χ1v) is 5.75. The molecule has 1 aromatic rings. The van der Waals surface area contributed by atoms with Crippen molar-refractivity contribution in [2.45, 2.75) is 6.42 Å². The van der Waals surface area contributed by atoms with E-state index < -0.39 is 0 Å². The van der Waals surface area contributed by atoms with Crippen LogP contribution in [0.3, 0.4) is 0 Å². The summed E-state index contributed by atoms with van der Waals surface area (Å²) in [6.07, 6.45) is 1.74. The van der Waals surface area contributed by atoms with Crippen LogP contribution in [0.5, 0.6) is 0 Å². The Balaban J connectivity index is 2.07. The highest BCUT2D eigenvalue weighted by atomic mass is 35.5. The molecular weight excluding hydrogens is 263 g/mol. The quantitative estimate of drug-likeness (QED) is 0.831. The van der Waals surface area contributed by atoms with Crippen LogP contribution in [0.2, 0.25) is 10.0 Å². The number of Topliss-reactive ketones (excluding diaryl/α,β-unsaturated/α-hetero) is 1. The van der Waals surface area contributed by atoms with Crippen molar-refractivity contribution in [1.82, 2.24) is 5.43 Å². The summed E-state index contributed by atoms with van der Waals surface area (Å²) >= 11 is 11.9. The largest absolute Gasteiger partial charge is 0.498 e. The first-order valence-electron chi connectivity index (χ1n) is 4.99. The van der Waals surface area contributed by atoms with Gasteiger partial charge in [-0.3, -0.25) is 15.6 Å². The molecule has 17 heavy (non-hydrogen) atoms. The van der Waals surface area contributed by atoms with Crippen molar-refractivity contribution in [2.75, 3.05) is 12.0 Å². The Morgan fingerprint density at radius 2 is 1.88 bits per heavy atom. The lowest BCUT2D eigenvalue weighted by molar-refractivity contribution is -0.117. The molecule has 4 nitrogen and oxygen atoms in total. The predicted molar refractivity (Wildman–Crippen MR) is 66.9 cm³/mol. The van der Waals surface area contributed by atoms with Gasteiger partial charge in [-0.05, 0) is 12.1 Å². The van der Waals surface area contributed by atoms with E-state index in [1.165, 1.54) is 6.26 Å². The Labute approximate surface area is 109 Å². The standard InChI is InChI=1S/C11H10Cl2N2O2/c12-7-2-1-3-8(13)11(7)15-14-9-6-17-5-4-10(9)16/h1-3,6,14-15H,4-5H2.